The van der Waals surface area contributed by atoms with Crippen LogP contribution in [0.25, 0.3) is 55.2 Å². The number of rotatable bonds is 8. The van der Waals surface area contributed by atoms with Crippen molar-refractivity contribution in [2.75, 3.05) is 9.80 Å². The van der Waals surface area contributed by atoms with Gasteiger partial charge in [-0.15, -0.1) is 0 Å². The average Bonchev–Trinajstić information content (AvgIpc) is 3.27. The highest BCUT2D eigenvalue weighted by molar-refractivity contribution is 9.10. The second-order valence-corrected chi connectivity index (χ2v) is 17.4. The molecular formula is C56H40Br2N2. The molecule has 0 fully saturated rings. The number of hydrogen-bond donors (Lipinski definition) is 0. The zero-order valence-electron chi connectivity index (χ0n) is 33.3. The Balaban J connectivity index is 0.957. The summed E-state index contributed by atoms with van der Waals surface area (Å²) >= 11 is 7.28. The molecule has 0 aromatic heterocycles. The summed E-state index contributed by atoms with van der Waals surface area (Å²) < 4.78 is 2.16. The van der Waals surface area contributed by atoms with Crippen molar-refractivity contribution in [3.05, 3.63) is 225 Å². The number of anilines is 6. The highest BCUT2D eigenvalue weighted by Crippen LogP contribution is 2.40. The minimum atomic E-state index is 1.08. The molecular weight excluding hydrogens is 860 g/mol. The van der Waals surface area contributed by atoms with E-state index < -0.39 is 0 Å². The van der Waals surface area contributed by atoms with Crippen molar-refractivity contribution >= 4 is 121 Å². The largest absolute Gasteiger partial charge is 0.310 e. The first-order valence-electron chi connectivity index (χ1n) is 20.2. The van der Waals surface area contributed by atoms with Gasteiger partial charge in [0.2, 0.25) is 0 Å². The van der Waals surface area contributed by atoms with Crippen LogP contribution in [0.5, 0.6) is 0 Å². The zero-order valence-corrected chi connectivity index (χ0v) is 36.5. The van der Waals surface area contributed by atoms with Gasteiger partial charge < -0.3 is 9.80 Å². The molecule has 4 heteroatoms. The minimum absolute atomic E-state index is 1.08. The van der Waals surface area contributed by atoms with Crippen LogP contribution >= 0.6 is 31.9 Å². The number of fused-ring (bicyclic) bond motifs is 4. The van der Waals surface area contributed by atoms with Gasteiger partial charge in [-0.3, -0.25) is 0 Å². The van der Waals surface area contributed by atoms with Crippen molar-refractivity contribution in [1.29, 1.82) is 0 Å². The van der Waals surface area contributed by atoms with Gasteiger partial charge >= 0.3 is 0 Å². The quantitative estimate of drug-likeness (QED) is 0.140. The van der Waals surface area contributed by atoms with E-state index in [1.54, 1.807) is 0 Å². The van der Waals surface area contributed by atoms with E-state index in [1.165, 1.54) is 54.2 Å². The number of aryl methyl sites for hydroxylation is 2. The van der Waals surface area contributed by atoms with Crippen LogP contribution in [0.1, 0.15) is 22.3 Å². The molecule has 0 amide bonds. The van der Waals surface area contributed by atoms with Gasteiger partial charge in [0.1, 0.15) is 0 Å². The fourth-order valence-electron chi connectivity index (χ4n) is 8.23. The maximum Gasteiger partial charge on any atom is 0.0468 e. The summed E-state index contributed by atoms with van der Waals surface area (Å²) in [6.07, 6.45) is 4.39. The third kappa shape index (κ3) is 7.73. The lowest BCUT2D eigenvalue weighted by atomic mass is 10.0. The van der Waals surface area contributed by atoms with Gasteiger partial charge in [-0.05, 0) is 165 Å². The van der Waals surface area contributed by atoms with Gasteiger partial charge in [0.25, 0.3) is 0 Å². The number of benzene rings is 10. The highest BCUT2D eigenvalue weighted by Gasteiger charge is 2.16. The standard InChI is InChI=1S/C56H40Br2N2/c1-37-3-11-45-33-53(25-15-41(45)29-37)59(55-27-17-43-31-49(57)19-13-47(43)35-55)51-21-7-39(8-22-51)5-6-40-9-23-52(24-10-40)60(54-26-16-42-30-38(2)4-12-46(42)34-54)56-28-18-44-32-50(58)20-14-48(44)36-56/h3-36H,1-2H3/b6-5+. The second-order valence-electron chi connectivity index (χ2n) is 15.6. The molecule has 0 saturated heterocycles. The molecule has 0 aliphatic rings. The van der Waals surface area contributed by atoms with Crippen LogP contribution in [0, 0.1) is 13.8 Å². The Morgan fingerprint density at radius 1 is 0.283 bits per heavy atom. The molecule has 0 spiro atoms. The zero-order chi connectivity index (χ0) is 40.7. The molecule has 0 N–H and O–H groups in total. The van der Waals surface area contributed by atoms with E-state index in [0.29, 0.717) is 0 Å². The fourth-order valence-corrected chi connectivity index (χ4v) is 8.98. The lowest BCUT2D eigenvalue weighted by Gasteiger charge is -2.26. The summed E-state index contributed by atoms with van der Waals surface area (Å²) in [7, 11) is 0. The van der Waals surface area contributed by atoms with E-state index in [-0.39, 0.29) is 0 Å². The summed E-state index contributed by atoms with van der Waals surface area (Å²) in [6.45, 7) is 4.29. The normalized spacial score (nSPS) is 11.6. The maximum absolute atomic E-state index is 3.64. The third-order valence-corrected chi connectivity index (χ3v) is 12.3. The van der Waals surface area contributed by atoms with Crippen molar-refractivity contribution in [2.24, 2.45) is 0 Å². The molecule has 0 aliphatic carbocycles. The Bertz CT molecular complexity index is 2870. The average molecular weight is 901 g/mol. The van der Waals surface area contributed by atoms with Gasteiger partial charge in [0.05, 0.1) is 0 Å². The van der Waals surface area contributed by atoms with Crippen LogP contribution in [0.3, 0.4) is 0 Å². The maximum atomic E-state index is 3.64. The monoisotopic (exact) mass is 898 g/mol. The molecule has 0 radical (unpaired) electrons. The van der Waals surface area contributed by atoms with E-state index in [4.69, 9.17) is 0 Å². The molecule has 0 saturated carbocycles. The van der Waals surface area contributed by atoms with E-state index >= 15 is 0 Å². The molecule has 0 unspecified atom stereocenters. The number of nitrogens with zero attached hydrogens (tertiary/aromatic N) is 2. The molecule has 2 nitrogen and oxygen atoms in total. The molecule has 288 valence electrons. The number of halogens is 2. The molecule has 60 heavy (non-hydrogen) atoms. The molecule has 0 bridgehead atoms. The molecule has 10 aromatic rings. The van der Waals surface area contributed by atoms with Gasteiger partial charge in [-0.2, -0.15) is 0 Å². The number of hydrogen-bond acceptors (Lipinski definition) is 2. The predicted octanol–water partition coefficient (Wildman–Crippen LogP) is 17.6. The summed E-state index contributed by atoms with van der Waals surface area (Å²) in [4.78, 5) is 4.70. The Kier molecular flexibility index (Phi) is 10.0. The predicted molar refractivity (Wildman–Crippen MR) is 266 cm³/mol. The van der Waals surface area contributed by atoms with Crippen LogP contribution in [0.4, 0.5) is 34.1 Å². The topological polar surface area (TPSA) is 6.48 Å². The minimum Gasteiger partial charge on any atom is -0.310 e. The molecule has 10 rings (SSSR count). The van der Waals surface area contributed by atoms with Crippen LogP contribution in [0.2, 0.25) is 0 Å². The first kappa shape index (κ1) is 37.8. The smallest absolute Gasteiger partial charge is 0.0468 e. The SMILES string of the molecule is Cc1ccc2cc(N(c3ccc(/C=C/c4ccc(N(c5ccc6cc(C)ccc6c5)c5ccc6cc(Br)ccc6c5)cc4)cc3)c3ccc4cc(Br)ccc4c3)ccc2c1. The molecule has 0 aliphatic heterocycles. The van der Waals surface area contributed by atoms with Crippen molar-refractivity contribution in [2.45, 2.75) is 13.8 Å². The summed E-state index contributed by atoms with van der Waals surface area (Å²) in [6, 6.07) is 70.8. The summed E-state index contributed by atoms with van der Waals surface area (Å²) in [5, 5.41) is 9.73. The third-order valence-electron chi connectivity index (χ3n) is 11.3. The van der Waals surface area contributed by atoms with Crippen LogP contribution in [-0.4, -0.2) is 0 Å². The lowest BCUT2D eigenvalue weighted by Crippen LogP contribution is -2.10. The van der Waals surface area contributed by atoms with Crippen molar-refractivity contribution in [3.8, 4) is 0 Å². The van der Waals surface area contributed by atoms with E-state index in [9.17, 15) is 0 Å². The Hall–Kier alpha value is -6.46. The Morgan fingerprint density at radius 2 is 0.550 bits per heavy atom. The van der Waals surface area contributed by atoms with Gasteiger partial charge in [0.15, 0.2) is 0 Å². The van der Waals surface area contributed by atoms with Gasteiger partial charge in [-0.1, -0.05) is 152 Å². The summed E-state index contributed by atoms with van der Waals surface area (Å²) in [5.41, 5.74) is 11.5. The van der Waals surface area contributed by atoms with Crippen LogP contribution in [0.15, 0.2) is 203 Å². The van der Waals surface area contributed by atoms with E-state index in [1.807, 2.05) is 0 Å². The Morgan fingerprint density at radius 3 is 0.900 bits per heavy atom. The highest BCUT2D eigenvalue weighted by atomic mass is 79.9. The van der Waals surface area contributed by atoms with E-state index in [2.05, 4.69) is 262 Å². The first-order valence-corrected chi connectivity index (χ1v) is 21.8. The molecule has 0 heterocycles. The van der Waals surface area contributed by atoms with Crippen molar-refractivity contribution in [3.63, 3.8) is 0 Å². The van der Waals surface area contributed by atoms with Crippen LogP contribution in [-0.2, 0) is 0 Å². The van der Waals surface area contributed by atoms with Gasteiger partial charge in [-0.25, -0.2) is 0 Å². The summed E-state index contributed by atoms with van der Waals surface area (Å²) in [5.74, 6) is 0. The van der Waals surface area contributed by atoms with E-state index in [0.717, 1.165) is 54.2 Å². The lowest BCUT2D eigenvalue weighted by molar-refractivity contribution is 1.29. The van der Waals surface area contributed by atoms with Crippen molar-refractivity contribution in [1.82, 2.24) is 0 Å². The van der Waals surface area contributed by atoms with Crippen LogP contribution < -0.4 is 9.80 Å². The van der Waals surface area contributed by atoms with Crippen molar-refractivity contribution < 1.29 is 0 Å². The molecule has 0 atom stereocenters. The first-order chi connectivity index (χ1) is 29.3. The van der Waals surface area contributed by atoms with Gasteiger partial charge in [0, 0.05) is 43.1 Å². The molecule has 10 aromatic carbocycles. The fraction of sp³-hybridized carbons (Fsp3) is 0.0357. The Labute approximate surface area is 367 Å². The second kappa shape index (κ2) is 16.0.